The van der Waals surface area contributed by atoms with Gasteiger partial charge in [-0.15, -0.1) is 11.3 Å². The van der Waals surface area contributed by atoms with E-state index in [1.807, 2.05) is 35.4 Å². The van der Waals surface area contributed by atoms with E-state index in [1.165, 1.54) is 0 Å². The minimum Gasteiger partial charge on any atom is -0.333 e. The van der Waals surface area contributed by atoms with E-state index in [-0.39, 0.29) is 11.9 Å². The van der Waals surface area contributed by atoms with Crippen LogP contribution < -0.4 is 10.6 Å². The van der Waals surface area contributed by atoms with E-state index in [2.05, 4.69) is 15.6 Å². The van der Waals surface area contributed by atoms with Gasteiger partial charge >= 0.3 is 0 Å². The monoisotopic (exact) mass is 331 g/mol. The summed E-state index contributed by atoms with van der Waals surface area (Å²) in [6.45, 7) is 3.14. The molecular weight excluding hydrogens is 310 g/mol. The van der Waals surface area contributed by atoms with Gasteiger partial charge in [0.05, 0.1) is 24.0 Å². The SMILES string of the molecule is CNCC(=O)N1CCC[C@H]1c1cccc(Nc2nc(C)cs2)n1. The van der Waals surface area contributed by atoms with Crippen molar-refractivity contribution in [3.63, 3.8) is 0 Å². The summed E-state index contributed by atoms with van der Waals surface area (Å²) in [7, 11) is 1.79. The number of likely N-dealkylation sites (tertiary alicyclic amines) is 1. The molecule has 1 saturated heterocycles. The molecule has 2 aromatic rings. The Morgan fingerprint density at radius 3 is 3.04 bits per heavy atom. The van der Waals surface area contributed by atoms with Crippen LogP contribution in [0.25, 0.3) is 0 Å². The van der Waals surface area contributed by atoms with Gasteiger partial charge in [0.2, 0.25) is 5.91 Å². The second kappa shape index (κ2) is 7.06. The lowest BCUT2D eigenvalue weighted by Gasteiger charge is -2.24. The Hall–Kier alpha value is -1.99. The zero-order valence-electron chi connectivity index (χ0n) is 13.4. The predicted molar refractivity (Wildman–Crippen MR) is 92.0 cm³/mol. The molecule has 122 valence electrons. The first-order valence-electron chi connectivity index (χ1n) is 7.77. The van der Waals surface area contributed by atoms with E-state index >= 15 is 0 Å². The maximum atomic E-state index is 12.2. The lowest BCUT2D eigenvalue weighted by atomic mass is 10.1. The minimum atomic E-state index is 0.0654. The third-order valence-corrected chi connectivity index (χ3v) is 4.74. The number of rotatable bonds is 5. The molecule has 0 aliphatic carbocycles. The Morgan fingerprint density at radius 2 is 2.30 bits per heavy atom. The lowest BCUT2D eigenvalue weighted by molar-refractivity contribution is -0.131. The molecule has 0 spiro atoms. The number of likely N-dealkylation sites (N-methyl/N-ethyl adjacent to an activating group) is 1. The summed E-state index contributed by atoms with van der Waals surface area (Å²) in [6.07, 6.45) is 1.98. The maximum absolute atomic E-state index is 12.2. The van der Waals surface area contributed by atoms with Crippen LogP contribution >= 0.6 is 11.3 Å². The van der Waals surface area contributed by atoms with Crippen LogP contribution in [-0.2, 0) is 4.79 Å². The first-order valence-corrected chi connectivity index (χ1v) is 8.65. The molecule has 0 aromatic carbocycles. The second-order valence-electron chi connectivity index (χ2n) is 5.64. The Balaban J connectivity index is 1.77. The lowest BCUT2D eigenvalue weighted by Crippen LogP contribution is -2.36. The highest BCUT2D eigenvalue weighted by Gasteiger charge is 2.30. The number of amides is 1. The molecule has 1 atom stereocenters. The molecule has 2 N–H and O–H groups in total. The highest BCUT2D eigenvalue weighted by atomic mass is 32.1. The van der Waals surface area contributed by atoms with Gasteiger partial charge in [-0.3, -0.25) is 4.79 Å². The summed E-state index contributed by atoms with van der Waals surface area (Å²) >= 11 is 1.56. The van der Waals surface area contributed by atoms with Crippen LogP contribution in [0.1, 0.15) is 30.3 Å². The average molecular weight is 331 g/mol. The largest absolute Gasteiger partial charge is 0.333 e. The van der Waals surface area contributed by atoms with Crippen molar-refractivity contribution < 1.29 is 4.79 Å². The van der Waals surface area contributed by atoms with Crippen molar-refractivity contribution in [3.05, 3.63) is 35.0 Å². The van der Waals surface area contributed by atoms with Crippen LogP contribution in [0, 0.1) is 6.92 Å². The number of nitrogens with zero attached hydrogens (tertiary/aromatic N) is 3. The van der Waals surface area contributed by atoms with Gasteiger partial charge in [-0.25, -0.2) is 9.97 Å². The van der Waals surface area contributed by atoms with Crippen LogP contribution in [-0.4, -0.2) is 40.9 Å². The molecular formula is C16H21N5OS. The Morgan fingerprint density at radius 1 is 1.43 bits per heavy atom. The van der Waals surface area contributed by atoms with Gasteiger partial charge in [0.25, 0.3) is 0 Å². The molecule has 23 heavy (non-hydrogen) atoms. The van der Waals surface area contributed by atoms with Crippen LogP contribution in [0.4, 0.5) is 10.9 Å². The highest BCUT2D eigenvalue weighted by Crippen LogP contribution is 2.31. The topological polar surface area (TPSA) is 70.2 Å². The van der Waals surface area contributed by atoms with Gasteiger partial charge in [-0.1, -0.05) is 6.07 Å². The molecule has 1 fully saturated rings. The molecule has 0 bridgehead atoms. The van der Waals surface area contributed by atoms with Crippen molar-refractivity contribution >= 4 is 28.2 Å². The molecule has 1 amide bonds. The third kappa shape index (κ3) is 3.68. The van der Waals surface area contributed by atoms with Gasteiger partial charge in [-0.2, -0.15) is 0 Å². The fourth-order valence-electron chi connectivity index (χ4n) is 2.85. The molecule has 0 radical (unpaired) electrons. The molecule has 3 heterocycles. The fraction of sp³-hybridized carbons (Fsp3) is 0.438. The van der Waals surface area contributed by atoms with E-state index < -0.39 is 0 Å². The average Bonchev–Trinajstić information content (AvgIpc) is 3.17. The van der Waals surface area contributed by atoms with Crippen molar-refractivity contribution in [2.45, 2.75) is 25.8 Å². The molecule has 1 aliphatic rings. The standard InChI is InChI=1S/C16H21N5OS/c1-11-10-23-16(18-11)20-14-7-3-5-12(19-14)13-6-4-8-21(13)15(22)9-17-2/h3,5,7,10,13,17H,4,6,8-9H2,1-2H3,(H,18,19,20)/t13-/m0/s1. The molecule has 0 saturated carbocycles. The number of thiazole rings is 1. The maximum Gasteiger partial charge on any atom is 0.237 e. The Labute approximate surface area is 140 Å². The van der Waals surface area contributed by atoms with E-state index in [0.29, 0.717) is 6.54 Å². The van der Waals surface area contributed by atoms with E-state index in [0.717, 1.165) is 41.7 Å². The Kier molecular flexibility index (Phi) is 4.88. The zero-order valence-corrected chi connectivity index (χ0v) is 14.2. The third-order valence-electron chi connectivity index (χ3n) is 3.87. The van der Waals surface area contributed by atoms with Gasteiger partial charge < -0.3 is 15.5 Å². The van der Waals surface area contributed by atoms with Gasteiger partial charge in [0, 0.05) is 11.9 Å². The van der Waals surface area contributed by atoms with E-state index in [9.17, 15) is 4.79 Å². The predicted octanol–water partition coefficient (Wildman–Crippen LogP) is 2.47. The summed E-state index contributed by atoms with van der Waals surface area (Å²) < 4.78 is 0. The summed E-state index contributed by atoms with van der Waals surface area (Å²) in [6, 6.07) is 5.96. The van der Waals surface area contributed by atoms with Crippen molar-refractivity contribution in [3.8, 4) is 0 Å². The van der Waals surface area contributed by atoms with Crippen LogP contribution in [0.15, 0.2) is 23.6 Å². The number of hydrogen-bond donors (Lipinski definition) is 2. The van der Waals surface area contributed by atoms with Gasteiger partial charge in [0.15, 0.2) is 5.13 Å². The smallest absolute Gasteiger partial charge is 0.237 e. The molecule has 0 unspecified atom stereocenters. The van der Waals surface area contributed by atoms with Gasteiger partial charge in [0.1, 0.15) is 5.82 Å². The van der Waals surface area contributed by atoms with Crippen LogP contribution in [0.3, 0.4) is 0 Å². The molecule has 2 aromatic heterocycles. The number of pyridine rings is 1. The van der Waals surface area contributed by atoms with Crippen LogP contribution in [0.5, 0.6) is 0 Å². The van der Waals surface area contributed by atoms with Gasteiger partial charge in [-0.05, 0) is 38.9 Å². The van der Waals surface area contributed by atoms with Crippen LogP contribution in [0.2, 0.25) is 0 Å². The van der Waals surface area contributed by atoms with E-state index in [1.54, 1.807) is 18.4 Å². The normalized spacial score (nSPS) is 17.5. The first kappa shape index (κ1) is 15.9. The van der Waals surface area contributed by atoms with E-state index in [4.69, 9.17) is 4.98 Å². The number of carbonyl (C=O) groups is 1. The number of aromatic nitrogens is 2. The molecule has 3 rings (SSSR count). The summed E-state index contributed by atoms with van der Waals surface area (Å²) in [4.78, 5) is 23.2. The number of aryl methyl sites for hydroxylation is 1. The van der Waals surface area contributed by atoms with Crippen molar-refractivity contribution in [1.29, 1.82) is 0 Å². The first-order chi connectivity index (χ1) is 11.2. The number of hydrogen-bond acceptors (Lipinski definition) is 6. The van der Waals surface area contributed by atoms with Crippen molar-refractivity contribution in [2.24, 2.45) is 0 Å². The molecule has 1 aliphatic heterocycles. The molecule has 7 heteroatoms. The highest BCUT2D eigenvalue weighted by molar-refractivity contribution is 7.13. The molecule has 6 nitrogen and oxygen atoms in total. The number of carbonyl (C=O) groups excluding carboxylic acids is 1. The zero-order chi connectivity index (χ0) is 16.2. The quantitative estimate of drug-likeness (QED) is 0.881. The second-order valence-corrected chi connectivity index (χ2v) is 6.50. The summed E-state index contributed by atoms with van der Waals surface area (Å²) in [5.74, 6) is 0.899. The number of anilines is 2. The summed E-state index contributed by atoms with van der Waals surface area (Å²) in [5, 5.41) is 9.01. The fourth-order valence-corrected chi connectivity index (χ4v) is 3.55. The summed E-state index contributed by atoms with van der Waals surface area (Å²) in [5.41, 5.74) is 1.93. The van der Waals surface area contributed by atoms with Crippen molar-refractivity contribution in [1.82, 2.24) is 20.2 Å². The minimum absolute atomic E-state index is 0.0654. The van der Waals surface area contributed by atoms with Crippen molar-refractivity contribution in [2.75, 3.05) is 25.5 Å². The number of nitrogens with one attached hydrogen (secondary N) is 2. The Bertz CT molecular complexity index is 687.